The number of nitrogens with one attached hydrogen (secondary N) is 1. The van der Waals surface area contributed by atoms with Crippen molar-refractivity contribution in [2.45, 2.75) is 6.10 Å². The van der Waals surface area contributed by atoms with Crippen molar-refractivity contribution in [3.8, 4) is 11.3 Å². The third-order valence-corrected chi connectivity index (χ3v) is 4.06. The summed E-state index contributed by atoms with van der Waals surface area (Å²) in [5, 5.41) is 13.8. The lowest BCUT2D eigenvalue weighted by Crippen LogP contribution is -2.28. The Morgan fingerprint density at radius 3 is 2.64 bits per heavy atom. The van der Waals surface area contributed by atoms with E-state index >= 15 is 0 Å². The van der Waals surface area contributed by atoms with E-state index in [9.17, 15) is 5.11 Å². The molecule has 6 heteroatoms. The van der Waals surface area contributed by atoms with Gasteiger partial charge in [0.25, 0.3) is 0 Å². The van der Waals surface area contributed by atoms with Gasteiger partial charge in [0.2, 0.25) is 0 Å². The lowest BCUT2D eigenvalue weighted by Gasteiger charge is -2.15. The zero-order valence-corrected chi connectivity index (χ0v) is 14.5. The molecule has 0 saturated heterocycles. The van der Waals surface area contributed by atoms with Crippen molar-refractivity contribution in [1.29, 1.82) is 0 Å². The number of nitrogens with zero attached hydrogens (tertiary/aromatic N) is 3. The van der Waals surface area contributed by atoms with E-state index in [1.165, 1.54) is 0 Å². The van der Waals surface area contributed by atoms with Gasteiger partial charge in [-0.25, -0.2) is 4.98 Å². The van der Waals surface area contributed by atoms with Gasteiger partial charge in [-0.1, -0.05) is 12.1 Å². The van der Waals surface area contributed by atoms with Crippen molar-refractivity contribution >= 4 is 22.4 Å². The largest absolute Gasteiger partial charge is 0.390 e. The second-order valence-corrected chi connectivity index (χ2v) is 6.14. The first-order valence-electron chi connectivity index (χ1n) is 8.24. The minimum Gasteiger partial charge on any atom is -0.390 e. The number of fused-ring (bicyclic) bond motifs is 1. The van der Waals surface area contributed by atoms with E-state index in [0.717, 1.165) is 27.8 Å². The van der Waals surface area contributed by atoms with Crippen LogP contribution in [0.15, 0.2) is 48.7 Å². The molecule has 0 radical (unpaired) electrons. The van der Waals surface area contributed by atoms with E-state index in [0.29, 0.717) is 12.4 Å². The molecule has 0 spiro atoms. The highest BCUT2D eigenvalue weighted by molar-refractivity contribution is 5.92. The third-order valence-electron chi connectivity index (χ3n) is 4.06. The predicted molar refractivity (Wildman–Crippen MR) is 103 cm³/mol. The van der Waals surface area contributed by atoms with Gasteiger partial charge in [0.1, 0.15) is 5.82 Å². The van der Waals surface area contributed by atoms with Gasteiger partial charge in [0.05, 0.1) is 17.3 Å². The lowest BCUT2D eigenvalue weighted by molar-refractivity contribution is 0.196. The molecule has 25 heavy (non-hydrogen) atoms. The quantitative estimate of drug-likeness (QED) is 0.638. The fourth-order valence-electron chi connectivity index (χ4n) is 2.59. The molecule has 6 nitrogen and oxygen atoms in total. The molecule has 2 heterocycles. The number of aliphatic hydroxyl groups is 1. The zero-order valence-electron chi connectivity index (χ0n) is 14.5. The topological polar surface area (TPSA) is 87.3 Å². The molecule has 3 rings (SSSR count). The van der Waals surface area contributed by atoms with Crippen LogP contribution in [0.5, 0.6) is 0 Å². The highest BCUT2D eigenvalue weighted by atomic mass is 16.3. The first kappa shape index (κ1) is 17.1. The Hall–Kier alpha value is -2.70. The minimum absolute atomic E-state index is 0.203. The van der Waals surface area contributed by atoms with Gasteiger partial charge in [-0.2, -0.15) is 0 Å². The van der Waals surface area contributed by atoms with Crippen LogP contribution >= 0.6 is 0 Å². The van der Waals surface area contributed by atoms with Crippen molar-refractivity contribution < 1.29 is 5.11 Å². The van der Waals surface area contributed by atoms with Crippen molar-refractivity contribution in [2.75, 3.05) is 37.4 Å². The van der Waals surface area contributed by atoms with Crippen molar-refractivity contribution in [3.05, 3.63) is 48.7 Å². The van der Waals surface area contributed by atoms with Crippen LogP contribution in [0.3, 0.4) is 0 Å². The first-order valence-corrected chi connectivity index (χ1v) is 8.24. The Morgan fingerprint density at radius 1 is 1.20 bits per heavy atom. The second-order valence-electron chi connectivity index (χ2n) is 6.14. The third kappa shape index (κ3) is 3.87. The summed E-state index contributed by atoms with van der Waals surface area (Å²) in [5.41, 5.74) is 9.32. The average molecular weight is 337 g/mol. The van der Waals surface area contributed by atoms with Crippen LogP contribution in [-0.2, 0) is 0 Å². The van der Waals surface area contributed by atoms with Crippen molar-refractivity contribution in [2.24, 2.45) is 5.73 Å². The smallest absolute Gasteiger partial charge is 0.136 e. The van der Waals surface area contributed by atoms with E-state index in [1.807, 2.05) is 44.4 Å². The van der Waals surface area contributed by atoms with Crippen LogP contribution in [0.2, 0.25) is 0 Å². The summed E-state index contributed by atoms with van der Waals surface area (Å²) >= 11 is 0. The number of anilines is 2. The summed E-state index contributed by atoms with van der Waals surface area (Å²) in [5.74, 6) is 0.699. The Kier molecular flexibility index (Phi) is 5.11. The normalized spacial score (nSPS) is 12.2. The van der Waals surface area contributed by atoms with Gasteiger partial charge in [-0.3, -0.25) is 4.98 Å². The average Bonchev–Trinajstić information content (AvgIpc) is 2.65. The highest BCUT2D eigenvalue weighted by Crippen LogP contribution is 2.27. The van der Waals surface area contributed by atoms with E-state index in [2.05, 4.69) is 27.3 Å². The number of hydrogen-bond donors (Lipinski definition) is 3. The SMILES string of the molecule is CN(C)c1ccc(-c2cc3ncccc3c(NCC(O)CN)n2)cc1. The molecule has 0 saturated carbocycles. The number of hydrogen-bond acceptors (Lipinski definition) is 6. The summed E-state index contributed by atoms with van der Waals surface area (Å²) in [7, 11) is 4.02. The van der Waals surface area contributed by atoms with Gasteiger partial charge in [0.15, 0.2) is 0 Å². The fraction of sp³-hybridized carbons (Fsp3) is 0.263. The Morgan fingerprint density at radius 2 is 1.96 bits per heavy atom. The fourth-order valence-corrected chi connectivity index (χ4v) is 2.59. The van der Waals surface area contributed by atoms with E-state index in [-0.39, 0.29) is 6.54 Å². The van der Waals surface area contributed by atoms with Gasteiger partial charge in [-0.05, 0) is 30.3 Å². The molecule has 1 unspecified atom stereocenters. The highest BCUT2D eigenvalue weighted by Gasteiger charge is 2.10. The van der Waals surface area contributed by atoms with E-state index in [1.54, 1.807) is 6.20 Å². The number of benzene rings is 1. The van der Waals surface area contributed by atoms with Crippen LogP contribution in [0.25, 0.3) is 22.2 Å². The number of aromatic nitrogens is 2. The van der Waals surface area contributed by atoms with Crippen LogP contribution < -0.4 is 16.0 Å². The molecular formula is C19H23N5O. The molecule has 130 valence electrons. The van der Waals surface area contributed by atoms with Crippen LogP contribution in [-0.4, -0.2) is 48.4 Å². The van der Waals surface area contributed by atoms with Crippen LogP contribution in [0.4, 0.5) is 11.5 Å². The summed E-state index contributed by atoms with van der Waals surface area (Å²) < 4.78 is 0. The Labute approximate surface area is 147 Å². The van der Waals surface area contributed by atoms with Crippen molar-refractivity contribution in [3.63, 3.8) is 0 Å². The van der Waals surface area contributed by atoms with Gasteiger partial charge < -0.3 is 21.1 Å². The molecular weight excluding hydrogens is 314 g/mol. The molecule has 1 aromatic carbocycles. The van der Waals surface area contributed by atoms with E-state index in [4.69, 9.17) is 10.7 Å². The summed E-state index contributed by atoms with van der Waals surface area (Å²) in [6, 6.07) is 14.0. The van der Waals surface area contributed by atoms with Crippen molar-refractivity contribution in [1.82, 2.24) is 9.97 Å². The number of aliphatic hydroxyl groups excluding tert-OH is 1. The Balaban J connectivity index is 2.00. The molecule has 0 aliphatic heterocycles. The minimum atomic E-state index is -0.614. The maximum absolute atomic E-state index is 9.72. The predicted octanol–water partition coefficient (Wildman–Crippen LogP) is 2.09. The maximum atomic E-state index is 9.72. The molecule has 0 bridgehead atoms. The molecule has 0 amide bonds. The first-order chi connectivity index (χ1) is 12.1. The zero-order chi connectivity index (χ0) is 17.8. The number of rotatable bonds is 6. The molecule has 0 aliphatic carbocycles. The van der Waals surface area contributed by atoms with Crippen LogP contribution in [0, 0.1) is 0 Å². The lowest BCUT2D eigenvalue weighted by atomic mass is 10.1. The van der Waals surface area contributed by atoms with Gasteiger partial charge in [0, 0.05) is 50.0 Å². The molecule has 1 atom stereocenters. The van der Waals surface area contributed by atoms with Gasteiger partial charge in [-0.15, -0.1) is 0 Å². The standard InChI is InChI=1S/C19H23N5O/c1-24(2)14-7-5-13(6-8-14)17-10-18-16(4-3-9-21-18)19(23-17)22-12-15(25)11-20/h3-10,15,25H,11-12,20H2,1-2H3,(H,22,23). The number of nitrogens with two attached hydrogens (primary N) is 1. The summed E-state index contributed by atoms with van der Waals surface area (Å²) in [4.78, 5) is 11.2. The van der Waals surface area contributed by atoms with E-state index < -0.39 is 6.10 Å². The maximum Gasteiger partial charge on any atom is 0.136 e. The Bertz CT molecular complexity index is 848. The summed E-state index contributed by atoms with van der Waals surface area (Å²) in [6.45, 7) is 0.547. The molecule has 3 aromatic rings. The molecule has 2 aromatic heterocycles. The second kappa shape index (κ2) is 7.46. The number of pyridine rings is 2. The van der Waals surface area contributed by atoms with Crippen LogP contribution in [0.1, 0.15) is 0 Å². The molecule has 4 N–H and O–H groups in total. The molecule has 0 fully saturated rings. The van der Waals surface area contributed by atoms with Gasteiger partial charge >= 0.3 is 0 Å². The molecule has 0 aliphatic rings. The summed E-state index contributed by atoms with van der Waals surface area (Å²) in [6.07, 6.45) is 1.15. The monoisotopic (exact) mass is 337 g/mol.